The molecule has 1 aliphatic rings. The first-order valence-electron chi connectivity index (χ1n) is 5.56. The zero-order chi connectivity index (χ0) is 11.0. The summed E-state index contributed by atoms with van der Waals surface area (Å²) in [5.74, 6) is 1.08. The molecule has 0 fully saturated rings. The van der Waals surface area contributed by atoms with E-state index in [0.717, 1.165) is 25.3 Å². The highest BCUT2D eigenvalue weighted by molar-refractivity contribution is 5.65. The Labute approximate surface area is 91.9 Å². The summed E-state index contributed by atoms with van der Waals surface area (Å²) >= 11 is 0. The van der Waals surface area contributed by atoms with Crippen LogP contribution in [0, 0.1) is 20.8 Å². The third kappa shape index (κ3) is 1.69. The lowest BCUT2D eigenvalue weighted by Crippen LogP contribution is -2.17. The van der Waals surface area contributed by atoms with Crippen molar-refractivity contribution in [2.24, 2.45) is 0 Å². The van der Waals surface area contributed by atoms with E-state index in [9.17, 15) is 0 Å². The molecule has 0 saturated carbocycles. The molecule has 2 rings (SSSR count). The normalized spacial score (nSPS) is 15.6. The van der Waals surface area contributed by atoms with Crippen LogP contribution in [-0.4, -0.2) is 20.2 Å². The molecule has 15 heavy (non-hydrogen) atoms. The number of anilines is 1. The van der Waals surface area contributed by atoms with Gasteiger partial charge >= 0.3 is 0 Å². The molecule has 0 bridgehead atoms. The molecule has 1 aromatic rings. The molecule has 0 N–H and O–H groups in total. The van der Waals surface area contributed by atoms with Crippen LogP contribution in [0.25, 0.3) is 0 Å². The Hall–Kier alpha value is -1.18. The maximum atomic E-state index is 5.84. The molecule has 0 spiro atoms. The quantitative estimate of drug-likeness (QED) is 0.645. The van der Waals surface area contributed by atoms with Crippen molar-refractivity contribution in [3.63, 3.8) is 0 Å². The highest BCUT2D eigenvalue weighted by Gasteiger charge is 2.17. The number of rotatable bonds is 0. The second-order valence-corrected chi connectivity index (χ2v) is 4.42. The van der Waals surface area contributed by atoms with Crippen LogP contribution in [0.1, 0.15) is 23.1 Å². The Morgan fingerprint density at radius 3 is 2.67 bits per heavy atom. The minimum atomic E-state index is 0.834. The van der Waals surface area contributed by atoms with Gasteiger partial charge in [0.15, 0.2) is 0 Å². The van der Waals surface area contributed by atoms with E-state index >= 15 is 0 Å². The summed E-state index contributed by atoms with van der Waals surface area (Å²) in [7, 11) is 2.14. The molecule has 0 saturated heterocycles. The molecule has 2 nitrogen and oxygen atoms in total. The van der Waals surface area contributed by atoms with Crippen molar-refractivity contribution < 1.29 is 4.74 Å². The van der Waals surface area contributed by atoms with E-state index in [1.54, 1.807) is 0 Å². The molecule has 0 atom stereocenters. The Morgan fingerprint density at radius 2 is 1.93 bits per heavy atom. The predicted octanol–water partition coefficient (Wildman–Crippen LogP) is 2.83. The standard InChI is InChI=1S/C13H19NO/c1-9-8-12-13(11(3)10(9)2)15-7-5-6-14(12)4/h8H,5-7H2,1-4H3. The van der Waals surface area contributed by atoms with Gasteiger partial charge in [-0.15, -0.1) is 0 Å². The van der Waals surface area contributed by atoms with Gasteiger partial charge in [-0.25, -0.2) is 0 Å². The van der Waals surface area contributed by atoms with Crippen LogP contribution in [0.2, 0.25) is 0 Å². The molecule has 0 unspecified atom stereocenters. The zero-order valence-electron chi connectivity index (χ0n) is 10.1. The van der Waals surface area contributed by atoms with E-state index in [1.807, 2.05) is 0 Å². The fourth-order valence-corrected chi connectivity index (χ4v) is 2.10. The maximum absolute atomic E-state index is 5.84. The molecule has 2 heteroatoms. The lowest BCUT2D eigenvalue weighted by atomic mass is 10.0. The minimum absolute atomic E-state index is 0.834. The highest BCUT2D eigenvalue weighted by Crippen LogP contribution is 2.36. The predicted molar refractivity (Wildman–Crippen MR) is 64.0 cm³/mol. The van der Waals surface area contributed by atoms with Gasteiger partial charge in [0.2, 0.25) is 0 Å². The topological polar surface area (TPSA) is 12.5 Å². The summed E-state index contributed by atoms with van der Waals surface area (Å²) in [4.78, 5) is 2.29. The van der Waals surface area contributed by atoms with E-state index < -0.39 is 0 Å². The van der Waals surface area contributed by atoms with Crippen LogP contribution in [-0.2, 0) is 0 Å². The van der Waals surface area contributed by atoms with E-state index in [1.165, 1.54) is 22.4 Å². The van der Waals surface area contributed by atoms with Crippen molar-refractivity contribution in [3.8, 4) is 5.75 Å². The average Bonchev–Trinajstić information content (AvgIpc) is 2.39. The molecule has 0 aromatic heterocycles. The summed E-state index contributed by atoms with van der Waals surface area (Å²) in [5, 5.41) is 0. The van der Waals surface area contributed by atoms with Gasteiger partial charge < -0.3 is 9.64 Å². The van der Waals surface area contributed by atoms with Gasteiger partial charge in [0.05, 0.1) is 12.3 Å². The monoisotopic (exact) mass is 205 g/mol. The third-order valence-electron chi connectivity index (χ3n) is 3.38. The number of ether oxygens (including phenoxy) is 1. The minimum Gasteiger partial charge on any atom is -0.491 e. The zero-order valence-corrected chi connectivity index (χ0v) is 10.1. The van der Waals surface area contributed by atoms with Gasteiger partial charge in [0, 0.05) is 13.6 Å². The third-order valence-corrected chi connectivity index (χ3v) is 3.38. The van der Waals surface area contributed by atoms with Crippen molar-refractivity contribution in [1.29, 1.82) is 0 Å². The van der Waals surface area contributed by atoms with Gasteiger partial charge in [-0.1, -0.05) is 0 Å². The van der Waals surface area contributed by atoms with Crippen LogP contribution in [0.15, 0.2) is 6.07 Å². The van der Waals surface area contributed by atoms with Gasteiger partial charge in [0.1, 0.15) is 5.75 Å². The van der Waals surface area contributed by atoms with E-state index in [-0.39, 0.29) is 0 Å². The average molecular weight is 205 g/mol. The van der Waals surface area contributed by atoms with Crippen molar-refractivity contribution in [1.82, 2.24) is 0 Å². The van der Waals surface area contributed by atoms with Crippen LogP contribution < -0.4 is 9.64 Å². The van der Waals surface area contributed by atoms with E-state index in [2.05, 4.69) is 38.8 Å². The lowest BCUT2D eigenvalue weighted by Gasteiger charge is -2.21. The van der Waals surface area contributed by atoms with E-state index in [4.69, 9.17) is 4.74 Å². The maximum Gasteiger partial charge on any atom is 0.145 e. The first kappa shape index (κ1) is 10.3. The molecule has 1 heterocycles. The number of fused-ring (bicyclic) bond motifs is 1. The van der Waals surface area contributed by atoms with Crippen LogP contribution in [0.3, 0.4) is 0 Å². The summed E-state index contributed by atoms with van der Waals surface area (Å²) in [6, 6.07) is 2.24. The van der Waals surface area contributed by atoms with Gasteiger partial charge in [0.25, 0.3) is 0 Å². The summed E-state index contributed by atoms with van der Waals surface area (Å²) < 4.78 is 5.84. The van der Waals surface area contributed by atoms with Crippen molar-refractivity contribution in [3.05, 3.63) is 22.8 Å². The molecule has 1 aromatic carbocycles. The Kier molecular flexibility index (Phi) is 2.59. The number of aryl methyl sites for hydroxylation is 1. The molecular weight excluding hydrogens is 186 g/mol. The molecule has 1 aliphatic heterocycles. The number of nitrogens with zero attached hydrogens (tertiary/aromatic N) is 1. The summed E-state index contributed by atoms with van der Waals surface area (Å²) in [6.45, 7) is 8.40. The molecule has 0 amide bonds. The first-order valence-corrected chi connectivity index (χ1v) is 5.56. The van der Waals surface area contributed by atoms with E-state index in [0.29, 0.717) is 0 Å². The SMILES string of the molecule is Cc1cc2c(c(C)c1C)OCCCN2C. The highest BCUT2D eigenvalue weighted by atomic mass is 16.5. The molecule has 82 valence electrons. The number of hydrogen-bond acceptors (Lipinski definition) is 2. The van der Waals surface area contributed by atoms with Gasteiger partial charge in [-0.2, -0.15) is 0 Å². The molecule has 0 aliphatic carbocycles. The van der Waals surface area contributed by atoms with Crippen molar-refractivity contribution >= 4 is 5.69 Å². The molecular formula is C13H19NO. The fraction of sp³-hybridized carbons (Fsp3) is 0.538. The number of benzene rings is 1. The molecule has 0 radical (unpaired) electrons. The van der Waals surface area contributed by atoms with Gasteiger partial charge in [-0.05, 0) is 49.9 Å². The van der Waals surface area contributed by atoms with Crippen LogP contribution in [0.4, 0.5) is 5.69 Å². The smallest absolute Gasteiger partial charge is 0.145 e. The number of hydrogen-bond donors (Lipinski definition) is 0. The van der Waals surface area contributed by atoms with Crippen molar-refractivity contribution in [2.75, 3.05) is 25.1 Å². The van der Waals surface area contributed by atoms with Crippen molar-refractivity contribution in [2.45, 2.75) is 27.2 Å². The Morgan fingerprint density at radius 1 is 1.20 bits per heavy atom. The first-order chi connectivity index (χ1) is 7.11. The summed E-state index contributed by atoms with van der Waals surface area (Å²) in [6.07, 6.45) is 1.10. The van der Waals surface area contributed by atoms with Crippen LogP contribution >= 0.6 is 0 Å². The van der Waals surface area contributed by atoms with Crippen LogP contribution in [0.5, 0.6) is 5.75 Å². The summed E-state index contributed by atoms with van der Waals surface area (Å²) in [5.41, 5.74) is 5.24. The second-order valence-electron chi connectivity index (χ2n) is 4.42. The Balaban J connectivity index is 2.60. The lowest BCUT2D eigenvalue weighted by molar-refractivity contribution is 0.320. The largest absolute Gasteiger partial charge is 0.491 e. The Bertz CT molecular complexity index is 385. The van der Waals surface area contributed by atoms with Gasteiger partial charge in [-0.3, -0.25) is 0 Å². The fourth-order valence-electron chi connectivity index (χ4n) is 2.10. The second kappa shape index (κ2) is 3.76.